The van der Waals surface area contributed by atoms with E-state index in [0.717, 1.165) is 36.5 Å². The van der Waals surface area contributed by atoms with Crippen LogP contribution in [0.4, 0.5) is 0 Å². The van der Waals surface area contributed by atoms with E-state index in [0.29, 0.717) is 30.0 Å². The zero-order valence-corrected chi connectivity index (χ0v) is 17.8. The van der Waals surface area contributed by atoms with Gasteiger partial charge in [0.15, 0.2) is 5.78 Å². The van der Waals surface area contributed by atoms with E-state index in [4.69, 9.17) is 4.42 Å². The first kappa shape index (κ1) is 19.4. The van der Waals surface area contributed by atoms with Gasteiger partial charge in [0.25, 0.3) is 0 Å². The number of hydrogen-bond donors (Lipinski definition) is 1. The van der Waals surface area contributed by atoms with E-state index in [2.05, 4.69) is 13.8 Å². The summed E-state index contributed by atoms with van der Waals surface area (Å²) in [5.41, 5.74) is 1.34. The van der Waals surface area contributed by atoms with Gasteiger partial charge in [0.1, 0.15) is 5.76 Å². The van der Waals surface area contributed by atoms with Crippen LogP contribution in [0.5, 0.6) is 0 Å². The Labute approximate surface area is 174 Å². The van der Waals surface area contributed by atoms with Crippen LogP contribution in [0.15, 0.2) is 40.5 Å². The number of allylic oxidation sites excluding steroid dienone is 3. The van der Waals surface area contributed by atoms with Crippen molar-refractivity contribution in [3.05, 3.63) is 41.9 Å². The van der Waals surface area contributed by atoms with Crippen LogP contribution >= 0.6 is 0 Å². The highest BCUT2D eigenvalue weighted by atomic mass is 16.3. The normalized spacial score (nSPS) is 46.0. The summed E-state index contributed by atoms with van der Waals surface area (Å²) in [6.07, 6.45) is 16.1. The first-order valence-corrected chi connectivity index (χ1v) is 11.5. The van der Waals surface area contributed by atoms with Crippen molar-refractivity contribution in [2.24, 2.45) is 34.5 Å². The third-order valence-corrected chi connectivity index (χ3v) is 9.48. The summed E-state index contributed by atoms with van der Waals surface area (Å²) >= 11 is 0. The van der Waals surface area contributed by atoms with E-state index in [1.54, 1.807) is 6.26 Å². The van der Waals surface area contributed by atoms with Gasteiger partial charge in [-0.15, -0.1) is 0 Å². The number of carbonyl (C=O) groups excluding carboxylic acids is 1. The zero-order valence-electron chi connectivity index (χ0n) is 17.8. The molecule has 0 bridgehead atoms. The molecule has 156 valence electrons. The first-order chi connectivity index (χ1) is 13.9. The summed E-state index contributed by atoms with van der Waals surface area (Å²) in [5.74, 6) is 3.76. The van der Waals surface area contributed by atoms with Gasteiger partial charge in [-0.2, -0.15) is 0 Å². The Morgan fingerprint density at radius 3 is 2.72 bits per heavy atom. The van der Waals surface area contributed by atoms with Crippen LogP contribution in [0.2, 0.25) is 0 Å². The minimum absolute atomic E-state index is 0.117. The second-order valence-corrected chi connectivity index (χ2v) is 10.7. The average molecular weight is 395 g/mol. The largest absolute Gasteiger partial charge is 0.465 e. The molecular weight excluding hydrogens is 360 g/mol. The summed E-state index contributed by atoms with van der Waals surface area (Å²) in [7, 11) is 0. The Balaban J connectivity index is 1.40. The molecule has 0 aliphatic heterocycles. The van der Waals surface area contributed by atoms with Crippen molar-refractivity contribution in [3.8, 4) is 0 Å². The lowest BCUT2D eigenvalue weighted by molar-refractivity contribution is -0.134. The highest BCUT2D eigenvalue weighted by Crippen LogP contribution is 2.66. The van der Waals surface area contributed by atoms with Gasteiger partial charge in [0, 0.05) is 6.42 Å². The molecule has 0 aromatic carbocycles. The molecule has 7 atom stereocenters. The smallest absolute Gasteiger partial charge is 0.159 e. The third kappa shape index (κ3) is 3.00. The molecule has 5 rings (SSSR count). The minimum Gasteiger partial charge on any atom is -0.465 e. The molecule has 1 aromatic heterocycles. The highest BCUT2D eigenvalue weighted by Gasteiger charge is 2.60. The maximum Gasteiger partial charge on any atom is 0.159 e. The number of furan rings is 1. The molecule has 0 amide bonds. The number of fused-ring (bicyclic) bond motifs is 5. The molecule has 4 saturated carbocycles. The summed E-state index contributed by atoms with van der Waals surface area (Å²) in [6.45, 7) is 4.81. The molecule has 3 nitrogen and oxygen atoms in total. The van der Waals surface area contributed by atoms with Crippen molar-refractivity contribution >= 4 is 11.9 Å². The van der Waals surface area contributed by atoms with E-state index < -0.39 is 0 Å². The van der Waals surface area contributed by atoms with E-state index in [1.807, 2.05) is 30.4 Å². The predicted molar refractivity (Wildman–Crippen MR) is 114 cm³/mol. The number of rotatable bonds is 2. The number of carbonyl (C=O) groups is 1. The SMILES string of the molecule is C[C@]12CCC3C(CC[C@H]4CC(=O)/C(=C\C=C\c5ccco5)C[C@]34C)C1CC[C@@H]2O. The molecule has 4 aliphatic rings. The van der Waals surface area contributed by atoms with Crippen molar-refractivity contribution in [1.82, 2.24) is 0 Å². The minimum atomic E-state index is -0.117. The van der Waals surface area contributed by atoms with Crippen LogP contribution in [0.3, 0.4) is 0 Å². The highest BCUT2D eigenvalue weighted by molar-refractivity contribution is 5.97. The Morgan fingerprint density at radius 2 is 1.93 bits per heavy atom. The van der Waals surface area contributed by atoms with Crippen molar-refractivity contribution in [2.75, 3.05) is 0 Å². The molecular formula is C26H34O3. The van der Waals surface area contributed by atoms with Crippen LogP contribution in [0.1, 0.15) is 71.0 Å². The number of aliphatic hydroxyl groups is 1. The Kier molecular flexibility index (Phi) is 4.66. The van der Waals surface area contributed by atoms with Gasteiger partial charge in [-0.25, -0.2) is 0 Å². The fraction of sp³-hybridized carbons (Fsp3) is 0.654. The molecule has 0 saturated heterocycles. The number of hydrogen-bond acceptors (Lipinski definition) is 3. The van der Waals surface area contributed by atoms with Crippen molar-refractivity contribution in [2.45, 2.75) is 71.3 Å². The second-order valence-electron chi connectivity index (χ2n) is 10.7. The van der Waals surface area contributed by atoms with Gasteiger partial charge in [0.2, 0.25) is 0 Å². The summed E-state index contributed by atoms with van der Waals surface area (Å²) < 4.78 is 5.36. The molecule has 4 fully saturated rings. The third-order valence-electron chi connectivity index (χ3n) is 9.48. The number of Topliss-reactive ketones (excluding diaryl/α,β-unsaturated/α-hetero) is 1. The van der Waals surface area contributed by atoms with Crippen LogP contribution in [-0.2, 0) is 4.79 Å². The average Bonchev–Trinajstić information content (AvgIpc) is 3.31. The Bertz CT molecular complexity index is 834. The molecule has 3 unspecified atom stereocenters. The van der Waals surface area contributed by atoms with E-state index in [-0.39, 0.29) is 16.9 Å². The van der Waals surface area contributed by atoms with E-state index in [1.165, 1.54) is 25.7 Å². The lowest BCUT2D eigenvalue weighted by Crippen LogP contribution is -2.54. The van der Waals surface area contributed by atoms with Crippen LogP contribution in [0.25, 0.3) is 6.08 Å². The lowest BCUT2D eigenvalue weighted by Gasteiger charge is -2.60. The number of ketones is 1. The Hall–Kier alpha value is -1.61. The van der Waals surface area contributed by atoms with Crippen LogP contribution in [-0.4, -0.2) is 17.0 Å². The lowest BCUT2D eigenvalue weighted by atomic mass is 9.45. The standard InChI is InChI=1S/C26H34O3/c1-25-13-12-22-20(21(25)10-11-24(25)28)9-8-18-15-23(27)17(16-26(18,22)2)5-3-6-19-7-4-14-29-19/h3-7,14,18,20-22,24,28H,8-13,15-16H2,1-2H3/b6-3+,17-5-/t18-,20?,21?,22?,24-,25-,26-/m0/s1. The predicted octanol–water partition coefficient (Wildman–Crippen LogP) is 5.80. The molecule has 3 heteroatoms. The van der Waals surface area contributed by atoms with E-state index >= 15 is 0 Å². The Morgan fingerprint density at radius 1 is 1.10 bits per heavy atom. The van der Waals surface area contributed by atoms with Gasteiger partial charge in [-0.05, 0) is 103 Å². The van der Waals surface area contributed by atoms with Crippen molar-refractivity contribution in [1.29, 1.82) is 0 Å². The molecule has 29 heavy (non-hydrogen) atoms. The van der Waals surface area contributed by atoms with Crippen LogP contribution < -0.4 is 0 Å². The maximum absolute atomic E-state index is 12.9. The second kappa shape index (κ2) is 6.97. The molecule has 0 spiro atoms. The van der Waals surface area contributed by atoms with Crippen LogP contribution in [0, 0.1) is 34.5 Å². The van der Waals surface area contributed by atoms with Gasteiger partial charge in [0.05, 0.1) is 12.4 Å². The summed E-state index contributed by atoms with van der Waals surface area (Å²) in [5, 5.41) is 10.7. The fourth-order valence-corrected chi connectivity index (χ4v) is 7.78. The fourth-order valence-electron chi connectivity index (χ4n) is 7.78. The number of aliphatic hydroxyl groups excluding tert-OH is 1. The van der Waals surface area contributed by atoms with E-state index in [9.17, 15) is 9.90 Å². The molecule has 0 radical (unpaired) electrons. The summed E-state index contributed by atoms with van der Waals surface area (Å²) in [4.78, 5) is 12.9. The van der Waals surface area contributed by atoms with Crippen molar-refractivity contribution < 1.29 is 14.3 Å². The van der Waals surface area contributed by atoms with Gasteiger partial charge >= 0.3 is 0 Å². The summed E-state index contributed by atoms with van der Waals surface area (Å²) in [6, 6.07) is 3.80. The molecule has 1 heterocycles. The topological polar surface area (TPSA) is 50.4 Å². The van der Waals surface area contributed by atoms with Gasteiger partial charge in [-0.1, -0.05) is 26.0 Å². The zero-order chi connectivity index (χ0) is 20.2. The quantitative estimate of drug-likeness (QED) is 0.645. The molecule has 4 aliphatic carbocycles. The van der Waals surface area contributed by atoms with Crippen molar-refractivity contribution in [3.63, 3.8) is 0 Å². The van der Waals surface area contributed by atoms with Gasteiger partial charge < -0.3 is 9.52 Å². The van der Waals surface area contributed by atoms with Gasteiger partial charge in [-0.3, -0.25) is 4.79 Å². The monoisotopic (exact) mass is 394 g/mol. The maximum atomic E-state index is 12.9. The first-order valence-electron chi connectivity index (χ1n) is 11.5. The molecule has 1 N–H and O–H groups in total. The molecule has 1 aromatic rings.